The van der Waals surface area contributed by atoms with Crippen LogP contribution in [0.1, 0.15) is 78.8 Å². The van der Waals surface area contributed by atoms with E-state index >= 15 is 0 Å². The molecule has 0 unspecified atom stereocenters. The van der Waals surface area contributed by atoms with Crippen LogP contribution in [0.2, 0.25) is 0 Å². The first-order valence-corrected chi connectivity index (χ1v) is 27.8. The van der Waals surface area contributed by atoms with Crippen molar-refractivity contribution in [3.63, 3.8) is 0 Å². The van der Waals surface area contributed by atoms with E-state index in [1.165, 1.54) is 36.4 Å². The molecule has 0 aliphatic rings. The Morgan fingerprint density at radius 1 is 0.292 bits per heavy atom. The van der Waals surface area contributed by atoms with Crippen LogP contribution >= 0.6 is 15.8 Å². The summed E-state index contributed by atoms with van der Waals surface area (Å²) in [6.45, 7) is 0. The number of hydrogen-bond donors (Lipinski definition) is 0. The summed E-state index contributed by atoms with van der Waals surface area (Å²) in [5.74, 6) is 0. The fourth-order valence-electron chi connectivity index (χ4n) is 9.63. The Bertz CT molecular complexity index is 3160. The number of benzene rings is 6. The summed E-state index contributed by atoms with van der Waals surface area (Å²) in [6.07, 6.45) is -42.5. The van der Waals surface area contributed by atoms with E-state index in [4.69, 9.17) is 0 Å². The molecular weight excluding hydrogens is 1320 g/mol. The second-order valence-electron chi connectivity index (χ2n) is 20.0. The van der Waals surface area contributed by atoms with Gasteiger partial charge in [-0.15, -0.1) is 10.6 Å². The molecule has 0 N–H and O–H groups in total. The average Bonchev–Trinajstić information content (AvgIpc) is 1.84. The number of alkyl halides is 24. The standard InChI is InChI=1S/2C30H21F12NP.Fe/c2*1-43(2)26(17-7-4-3-5-8-17)24-9-6-10-25(24)44(22-13-18(27(31,32)33)11-19(14-22)28(34,35)36)23-15-20(29(37,38)39)12-21(16-23)30(40,41)42;/h2*3-16,26H,1-2H3;/q2*-1;+2/t2*26-;/m00./s1. The molecule has 89 heavy (non-hydrogen) atoms. The van der Waals surface area contributed by atoms with Gasteiger partial charge in [0.1, 0.15) is 0 Å². The van der Waals surface area contributed by atoms with Gasteiger partial charge in [0.15, 0.2) is 0 Å². The number of rotatable bonds is 12. The van der Waals surface area contributed by atoms with Crippen molar-refractivity contribution in [2.75, 3.05) is 28.2 Å². The van der Waals surface area contributed by atoms with E-state index in [1.54, 1.807) is 98.7 Å². The van der Waals surface area contributed by atoms with Crippen molar-refractivity contribution in [2.45, 2.75) is 61.5 Å². The molecule has 0 aromatic heterocycles. The second-order valence-corrected chi connectivity index (χ2v) is 24.4. The van der Waals surface area contributed by atoms with Crippen molar-refractivity contribution in [2.24, 2.45) is 0 Å². The van der Waals surface area contributed by atoms with E-state index in [0.29, 0.717) is 59.7 Å². The molecular formula is C60H42F24FeN2P2. The third kappa shape index (κ3) is 17.2. The molecule has 0 heterocycles. The van der Waals surface area contributed by atoms with Crippen molar-refractivity contribution >= 4 is 47.7 Å². The SMILES string of the molecule is CN(C)[C@@H](c1ccccc1)c1cc[cH-]c1P(c1cc(C(F)(F)F)cc(C(F)(F)F)c1)c1cc(C(F)(F)F)cc(C(F)(F)F)c1.CN(C)[C@@H](c1ccccc1)c1cc[cH-]c1P(c1cc(C(F)(F)F)cc(C(F)(F)F)c1)c1cc(C(F)(F)F)cc(C(F)(F)F)c1.[Fe+2]. The van der Waals surface area contributed by atoms with Gasteiger partial charge in [-0.3, -0.25) is 0 Å². The van der Waals surface area contributed by atoms with E-state index in [2.05, 4.69) is 0 Å². The Labute approximate surface area is 504 Å². The topological polar surface area (TPSA) is 6.48 Å². The van der Waals surface area contributed by atoms with Crippen LogP contribution in [-0.4, -0.2) is 38.0 Å². The van der Waals surface area contributed by atoms with Gasteiger partial charge in [-0.05, 0) is 149 Å². The Morgan fingerprint density at radius 3 is 0.652 bits per heavy atom. The van der Waals surface area contributed by atoms with E-state index in [0.717, 1.165) is 0 Å². The summed E-state index contributed by atoms with van der Waals surface area (Å²) < 4.78 is 333. The zero-order chi connectivity index (χ0) is 65.7. The largest absolute Gasteiger partial charge is 2.00 e. The van der Waals surface area contributed by atoms with Gasteiger partial charge in [0, 0.05) is 12.1 Å². The number of hydrogen-bond acceptors (Lipinski definition) is 2. The minimum absolute atomic E-state index is 0. The van der Waals surface area contributed by atoms with Crippen LogP contribution < -0.4 is 31.8 Å². The zero-order valence-electron chi connectivity index (χ0n) is 45.5. The molecule has 8 rings (SSSR count). The fraction of sp³-hybridized carbons (Fsp3) is 0.233. The minimum Gasteiger partial charge on any atom is -0.310 e. The summed E-state index contributed by atoms with van der Waals surface area (Å²) in [4.78, 5) is 3.31. The third-order valence-electron chi connectivity index (χ3n) is 13.3. The summed E-state index contributed by atoms with van der Waals surface area (Å²) in [6, 6.07) is 25.9. The molecule has 2 atom stereocenters. The maximum atomic E-state index is 13.9. The van der Waals surface area contributed by atoms with Crippen molar-refractivity contribution in [3.8, 4) is 0 Å². The van der Waals surface area contributed by atoms with E-state index in [9.17, 15) is 105 Å². The fourth-order valence-corrected chi connectivity index (χ4v) is 14.9. The number of nitrogens with zero attached hydrogens (tertiary/aromatic N) is 2. The van der Waals surface area contributed by atoms with Crippen LogP contribution in [0.5, 0.6) is 0 Å². The molecule has 0 saturated heterocycles. The van der Waals surface area contributed by atoms with Gasteiger partial charge < -0.3 is 9.80 Å². The maximum Gasteiger partial charge on any atom is 2.00 e. The first-order chi connectivity index (χ1) is 40.3. The van der Waals surface area contributed by atoms with Crippen LogP contribution in [0.3, 0.4) is 0 Å². The first kappa shape index (κ1) is 71.7. The van der Waals surface area contributed by atoms with Gasteiger partial charge in [0.2, 0.25) is 0 Å². The van der Waals surface area contributed by atoms with Crippen molar-refractivity contribution in [1.82, 2.24) is 9.80 Å². The molecule has 0 aliphatic heterocycles. The monoisotopic (exact) mass is 1360 g/mol. The Balaban J connectivity index is 0.000000281. The summed E-state index contributed by atoms with van der Waals surface area (Å²) in [5.41, 5.74) is -12.2. The predicted octanol–water partition coefficient (Wildman–Crippen LogP) is 17.8. The van der Waals surface area contributed by atoms with Gasteiger partial charge in [-0.2, -0.15) is 141 Å². The molecule has 0 bridgehead atoms. The van der Waals surface area contributed by atoms with Gasteiger partial charge >= 0.3 is 66.5 Å². The quantitative estimate of drug-likeness (QED) is 0.0521. The predicted molar refractivity (Wildman–Crippen MR) is 285 cm³/mol. The van der Waals surface area contributed by atoms with Gasteiger partial charge in [-0.1, -0.05) is 60.7 Å². The minimum atomic E-state index is -5.31. The van der Waals surface area contributed by atoms with E-state index < -0.39 is 143 Å². The van der Waals surface area contributed by atoms with Crippen LogP contribution in [0, 0.1) is 0 Å². The summed E-state index contributed by atoms with van der Waals surface area (Å²) >= 11 is 0. The van der Waals surface area contributed by atoms with E-state index in [-0.39, 0.29) is 63.1 Å². The Kier molecular flexibility index (Phi) is 21.3. The molecule has 0 saturated carbocycles. The summed E-state index contributed by atoms with van der Waals surface area (Å²) in [7, 11) is 0.764. The van der Waals surface area contributed by atoms with Gasteiger partial charge in [0.05, 0.1) is 44.5 Å². The first-order valence-electron chi connectivity index (χ1n) is 25.1. The maximum absolute atomic E-state index is 13.9. The molecule has 0 amide bonds. The Hall–Kier alpha value is -6.36. The van der Waals surface area contributed by atoms with Gasteiger partial charge in [0.25, 0.3) is 0 Å². The Morgan fingerprint density at radius 2 is 0.483 bits per heavy atom. The molecule has 0 radical (unpaired) electrons. The van der Waals surface area contributed by atoms with Crippen LogP contribution in [0.25, 0.3) is 0 Å². The average molecular weight is 1360 g/mol. The van der Waals surface area contributed by atoms with E-state index in [1.807, 2.05) is 0 Å². The molecule has 478 valence electrons. The zero-order valence-corrected chi connectivity index (χ0v) is 48.4. The van der Waals surface area contributed by atoms with Crippen LogP contribution in [-0.2, 0) is 66.5 Å². The summed E-state index contributed by atoms with van der Waals surface area (Å²) in [5, 5.41) is -2.94. The van der Waals surface area contributed by atoms with Crippen molar-refractivity contribution < 1.29 is 122 Å². The molecule has 8 aromatic carbocycles. The molecule has 0 aliphatic carbocycles. The smallest absolute Gasteiger partial charge is 0.310 e. The molecule has 2 nitrogen and oxygen atoms in total. The van der Waals surface area contributed by atoms with Gasteiger partial charge in [-0.25, -0.2) is 12.1 Å². The molecule has 29 heteroatoms. The second kappa shape index (κ2) is 26.5. The molecule has 0 spiro atoms. The van der Waals surface area contributed by atoms with Crippen LogP contribution in [0.4, 0.5) is 105 Å². The molecule has 0 fully saturated rings. The van der Waals surface area contributed by atoms with Crippen LogP contribution in [0.15, 0.2) is 170 Å². The van der Waals surface area contributed by atoms with Crippen molar-refractivity contribution in [1.29, 1.82) is 0 Å². The normalized spacial score (nSPS) is 13.8. The molecule has 8 aromatic rings. The number of halogens is 24. The van der Waals surface area contributed by atoms with Crippen molar-refractivity contribution in [3.05, 3.63) is 237 Å². The third-order valence-corrected chi connectivity index (χ3v) is 18.2.